The Balaban J connectivity index is 1.67. The first-order chi connectivity index (χ1) is 14.2. The Morgan fingerprint density at radius 3 is 2.43 bits per heavy atom. The lowest BCUT2D eigenvalue weighted by Crippen LogP contribution is -2.30. The molecule has 160 valence electrons. The van der Waals surface area contributed by atoms with E-state index in [1.165, 1.54) is 50.4 Å². The molecule has 0 saturated carbocycles. The molecule has 0 aromatic heterocycles. The number of carbonyl (C=O) groups excluding carboxylic acids is 2. The second kappa shape index (κ2) is 8.59. The standard InChI is InChI=1S/C19H20N2O8S/c1-11(18(22)21-13-3-5-14(6-4-13)30(20,24)25)29-19(23)12-9-15(26-2)17-16(10-12)27-7-8-28-17/h3-6,9-11H,7-8H2,1-2H3,(H,21,22)(H2,20,24,25). The largest absolute Gasteiger partial charge is 0.493 e. The van der Waals surface area contributed by atoms with E-state index in [1.54, 1.807) is 0 Å². The Morgan fingerprint density at radius 1 is 1.13 bits per heavy atom. The van der Waals surface area contributed by atoms with Crippen molar-refractivity contribution in [2.45, 2.75) is 17.9 Å². The molecule has 0 spiro atoms. The van der Waals surface area contributed by atoms with E-state index < -0.39 is 28.0 Å². The zero-order valence-electron chi connectivity index (χ0n) is 16.2. The van der Waals surface area contributed by atoms with E-state index in [1.807, 2.05) is 0 Å². The molecule has 1 heterocycles. The predicted molar refractivity (Wildman–Crippen MR) is 105 cm³/mol. The van der Waals surface area contributed by atoms with Crippen LogP contribution in [0.15, 0.2) is 41.3 Å². The molecule has 11 heteroatoms. The number of ether oxygens (including phenoxy) is 4. The average molecular weight is 436 g/mol. The van der Waals surface area contributed by atoms with Gasteiger partial charge < -0.3 is 24.3 Å². The third kappa shape index (κ3) is 4.81. The molecule has 2 aromatic rings. The van der Waals surface area contributed by atoms with E-state index in [9.17, 15) is 18.0 Å². The Labute approximate surface area is 172 Å². The van der Waals surface area contributed by atoms with Crippen molar-refractivity contribution in [3.63, 3.8) is 0 Å². The van der Waals surface area contributed by atoms with Crippen LogP contribution in [0.1, 0.15) is 17.3 Å². The lowest BCUT2D eigenvalue weighted by Gasteiger charge is -2.21. The SMILES string of the molecule is COc1cc(C(=O)OC(C)C(=O)Nc2ccc(S(N)(=O)=O)cc2)cc2c1OCCO2. The molecule has 1 aliphatic rings. The number of primary sulfonamides is 1. The lowest BCUT2D eigenvalue weighted by atomic mass is 10.1. The van der Waals surface area contributed by atoms with Crippen molar-refractivity contribution >= 4 is 27.6 Å². The average Bonchev–Trinajstić information content (AvgIpc) is 2.72. The van der Waals surface area contributed by atoms with Crippen LogP contribution in [0.2, 0.25) is 0 Å². The van der Waals surface area contributed by atoms with Crippen molar-refractivity contribution in [3.05, 3.63) is 42.0 Å². The molecule has 3 rings (SSSR count). The van der Waals surface area contributed by atoms with E-state index in [0.717, 1.165) is 0 Å². The van der Waals surface area contributed by atoms with Crippen LogP contribution in [0.3, 0.4) is 0 Å². The van der Waals surface area contributed by atoms with E-state index >= 15 is 0 Å². The number of benzene rings is 2. The van der Waals surface area contributed by atoms with Gasteiger partial charge in [-0.15, -0.1) is 0 Å². The molecule has 2 aromatic carbocycles. The summed E-state index contributed by atoms with van der Waals surface area (Å²) in [4.78, 5) is 24.7. The van der Waals surface area contributed by atoms with Gasteiger partial charge in [-0.2, -0.15) is 0 Å². The van der Waals surface area contributed by atoms with Crippen molar-refractivity contribution in [1.82, 2.24) is 0 Å². The normalized spacial score (nSPS) is 13.8. The van der Waals surface area contributed by atoms with Crippen LogP contribution >= 0.6 is 0 Å². The van der Waals surface area contributed by atoms with Crippen LogP contribution in [0.5, 0.6) is 17.2 Å². The highest BCUT2D eigenvalue weighted by Gasteiger charge is 2.24. The summed E-state index contributed by atoms with van der Waals surface area (Å²) in [7, 11) is -2.40. The van der Waals surface area contributed by atoms with Gasteiger partial charge in [-0.05, 0) is 43.3 Å². The smallest absolute Gasteiger partial charge is 0.339 e. The van der Waals surface area contributed by atoms with Crippen molar-refractivity contribution in [3.8, 4) is 17.2 Å². The van der Waals surface area contributed by atoms with Crippen LogP contribution < -0.4 is 24.7 Å². The third-order valence-electron chi connectivity index (χ3n) is 4.17. The van der Waals surface area contributed by atoms with Gasteiger partial charge in [0.1, 0.15) is 13.2 Å². The summed E-state index contributed by atoms with van der Waals surface area (Å²) >= 11 is 0. The third-order valence-corrected chi connectivity index (χ3v) is 5.10. The molecule has 0 bridgehead atoms. The molecule has 0 saturated heterocycles. The highest BCUT2D eigenvalue weighted by molar-refractivity contribution is 7.89. The monoisotopic (exact) mass is 436 g/mol. The van der Waals surface area contributed by atoms with E-state index in [2.05, 4.69) is 5.32 Å². The van der Waals surface area contributed by atoms with E-state index in [-0.39, 0.29) is 10.5 Å². The molecule has 3 N–H and O–H groups in total. The Hall–Kier alpha value is -3.31. The number of nitrogens with one attached hydrogen (secondary N) is 1. The summed E-state index contributed by atoms with van der Waals surface area (Å²) in [5, 5.41) is 7.56. The van der Waals surface area contributed by atoms with Gasteiger partial charge in [0.15, 0.2) is 17.6 Å². The summed E-state index contributed by atoms with van der Waals surface area (Å²) in [6.45, 7) is 2.10. The van der Waals surface area contributed by atoms with Gasteiger partial charge in [-0.25, -0.2) is 18.4 Å². The topological polar surface area (TPSA) is 143 Å². The lowest BCUT2D eigenvalue weighted by molar-refractivity contribution is -0.123. The summed E-state index contributed by atoms with van der Waals surface area (Å²) in [5.41, 5.74) is 0.449. The number of carbonyl (C=O) groups is 2. The van der Waals surface area contributed by atoms with Crippen molar-refractivity contribution in [2.75, 3.05) is 25.6 Å². The number of rotatable bonds is 6. The van der Waals surface area contributed by atoms with Crippen LogP contribution in [0, 0.1) is 0 Å². The van der Waals surface area contributed by atoms with Gasteiger partial charge in [0.2, 0.25) is 15.8 Å². The maximum Gasteiger partial charge on any atom is 0.339 e. The molecule has 0 fully saturated rings. The number of anilines is 1. The van der Waals surface area contributed by atoms with Crippen molar-refractivity contribution < 1.29 is 37.0 Å². The highest BCUT2D eigenvalue weighted by Crippen LogP contribution is 2.40. The highest BCUT2D eigenvalue weighted by atomic mass is 32.2. The minimum atomic E-state index is -3.83. The van der Waals surface area contributed by atoms with Crippen LogP contribution in [-0.4, -0.2) is 46.7 Å². The molecule has 30 heavy (non-hydrogen) atoms. The van der Waals surface area contributed by atoms with Gasteiger partial charge in [0, 0.05) is 5.69 Å². The number of sulfonamides is 1. The van der Waals surface area contributed by atoms with E-state index in [0.29, 0.717) is 36.1 Å². The Bertz CT molecular complexity index is 1050. The maximum absolute atomic E-state index is 12.5. The molecule has 10 nitrogen and oxygen atoms in total. The number of fused-ring (bicyclic) bond motifs is 1. The van der Waals surface area contributed by atoms with Gasteiger partial charge >= 0.3 is 5.97 Å². The minimum absolute atomic E-state index is 0.0902. The first-order valence-corrected chi connectivity index (χ1v) is 10.4. The fourth-order valence-electron chi connectivity index (χ4n) is 2.64. The molecule has 1 aliphatic heterocycles. The summed E-state index contributed by atoms with van der Waals surface area (Å²) in [6, 6.07) is 8.14. The molecule has 1 atom stereocenters. The zero-order chi connectivity index (χ0) is 21.9. The maximum atomic E-state index is 12.5. The van der Waals surface area contributed by atoms with Crippen LogP contribution in [-0.2, 0) is 19.6 Å². The Kier molecular flexibility index (Phi) is 6.13. The number of hydrogen-bond acceptors (Lipinski definition) is 8. The number of esters is 1. The predicted octanol–water partition coefficient (Wildman–Crippen LogP) is 1.30. The number of methoxy groups -OCH3 is 1. The first kappa shape index (κ1) is 21.4. The fraction of sp³-hybridized carbons (Fsp3) is 0.263. The molecular formula is C19H20N2O8S. The number of hydrogen-bond donors (Lipinski definition) is 2. The molecule has 0 radical (unpaired) electrons. The first-order valence-electron chi connectivity index (χ1n) is 8.81. The quantitative estimate of drug-likeness (QED) is 0.645. The summed E-state index contributed by atoms with van der Waals surface area (Å²) in [5.74, 6) is -0.298. The van der Waals surface area contributed by atoms with Crippen LogP contribution in [0.25, 0.3) is 0 Å². The van der Waals surface area contributed by atoms with E-state index in [4.69, 9.17) is 24.1 Å². The van der Waals surface area contributed by atoms with Gasteiger partial charge in [0.25, 0.3) is 5.91 Å². The molecular weight excluding hydrogens is 416 g/mol. The van der Waals surface area contributed by atoms with Crippen molar-refractivity contribution in [1.29, 1.82) is 0 Å². The fourth-order valence-corrected chi connectivity index (χ4v) is 3.16. The second-order valence-electron chi connectivity index (χ2n) is 6.31. The Morgan fingerprint density at radius 2 is 1.80 bits per heavy atom. The van der Waals surface area contributed by atoms with Gasteiger partial charge in [0.05, 0.1) is 17.6 Å². The molecule has 0 aliphatic carbocycles. The molecule has 1 amide bonds. The van der Waals surface area contributed by atoms with Crippen molar-refractivity contribution in [2.24, 2.45) is 5.14 Å². The zero-order valence-corrected chi connectivity index (χ0v) is 17.0. The summed E-state index contributed by atoms with van der Waals surface area (Å²) < 4.78 is 44.0. The minimum Gasteiger partial charge on any atom is -0.493 e. The van der Waals surface area contributed by atoms with Gasteiger partial charge in [-0.1, -0.05) is 0 Å². The number of nitrogens with two attached hydrogens (primary N) is 1. The van der Waals surface area contributed by atoms with Crippen LogP contribution in [0.4, 0.5) is 5.69 Å². The molecule has 1 unspecified atom stereocenters. The van der Waals surface area contributed by atoms with Gasteiger partial charge in [-0.3, -0.25) is 4.79 Å². The summed E-state index contributed by atoms with van der Waals surface area (Å²) in [6.07, 6.45) is -1.13. The number of amides is 1. The second-order valence-corrected chi connectivity index (χ2v) is 7.87.